The zero-order valence-electron chi connectivity index (χ0n) is 22.8. The van der Waals surface area contributed by atoms with Gasteiger partial charge in [0.25, 0.3) is 13.4 Å². The molecule has 24 heteroatoms. The lowest BCUT2D eigenvalue weighted by Gasteiger charge is -2.31. The number of H-pyrrole nitrogens is 1. The molecule has 7 heterocycles. The van der Waals surface area contributed by atoms with Crippen molar-refractivity contribution in [1.82, 2.24) is 39.0 Å². The molecule has 3 fully saturated rings. The smallest absolute Gasteiger partial charge is 0.472 e. The summed E-state index contributed by atoms with van der Waals surface area (Å²) in [6.07, 6.45) is -9.26. The third kappa shape index (κ3) is 5.37. The van der Waals surface area contributed by atoms with Crippen molar-refractivity contribution in [3.8, 4) is 0 Å². The maximum absolute atomic E-state index is 13.1. The molecule has 3 aliphatic heterocycles. The molecule has 45 heavy (non-hydrogen) atoms. The van der Waals surface area contributed by atoms with Gasteiger partial charge in [-0.1, -0.05) is 0 Å². The fourth-order valence-electron chi connectivity index (χ4n) is 5.38. The van der Waals surface area contributed by atoms with Crippen molar-refractivity contribution < 1.29 is 56.7 Å². The number of hydrogen-bond acceptors (Lipinski definition) is 18. The van der Waals surface area contributed by atoms with Crippen LogP contribution in [0.25, 0.3) is 22.3 Å². The van der Waals surface area contributed by atoms with E-state index < -0.39 is 83.5 Å². The molecule has 2 bridgehead atoms. The lowest BCUT2D eigenvalue weighted by atomic mass is 10.1. The minimum absolute atomic E-state index is 0.0242. The number of aryl methyl sites for hydroxylation is 1. The molecular weight excluding hydrogens is 648 g/mol. The number of nitrogens with two attached hydrogens (primary N) is 1. The predicted molar refractivity (Wildman–Crippen MR) is 142 cm³/mol. The Bertz CT molecular complexity index is 1930. The first-order valence-corrected chi connectivity index (χ1v) is 16.1. The van der Waals surface area contributed by atoms with Crippen molar-refractivity contribution in [3.05, 3.63) is 35.2 Å². The number of rotatable bonds is 2. The van der Waals surface area contributed by atoms with Crippen molar-refractivity contribution in [3.63, 3.8) is 0 Å². The Balaban J connectivity index is 1.21. The molecule has 0 aliphatic carbocycles. The summed E-state index contributed by atoms with van der Waals surface area (Å²) in [5.41, 5.74) is 5.41. The van der Waals surface area contributed by atoms with Crippen molar-refractivity contribution >= 4 is 43.8 Å². The lowest BCUT2D eigenvalue weighted by molar-refractivity contribution is -0.237. The van der Waals surface area contributed by atoms with Gasteiger partial charge >= 0.3 is 7.82 Å². The first-order valence-electron chi connectivity index (χ1n) is 13.1. The summed E-state index contributed by atoms with van der Waals surface area (Å²) >= 11 is 0. The largest absolute Gasteiger partial charge is 0.756 e. The summed E-state index contributed by atoms with van der Waals surface area (Å²) in [4.78, 5) is 58.7. The van der Waals surface area contributed by atoms with Gasteiger partial charge in [-0.15, -0.1) is 0 Å². The van der Waals surface area contributed by atoms with Crippen LogP contribution in [0, 0.1) is 6.92 Å². The summed E-state index contributed by atoms with van der Waals surface area (Å²) in [7, 11) is -10.4. The van der Waals surface area contributed by atoms with Gasteiger partial charge in [0.1, 0.15) is 54.3 Å². The van der Waals surface area contributed by atoms with E-state index >= 15 is 0 Å². The average molecular weight is 672 g/mol. The van der Waals surface area contributed by atoms with E-state index in [0.29, 0.717) is 0 Å². The maximum atomic E-state index is 13.1. The number of hydrogen-bond donors (Lipinski definition) is 5. The second kappa shape index (κ2) is 10.9. The summed E-state index contributed by atoms with van der Waals surface area (Å²) in [6.45, 7) is -0.192. The first kappa shape index (κ1) is 30.4. The summed E-state index contributed by atoms with van der Waals surface area (Å²) in [5.74, 6) is 0.236. The number of aliphatic hydroxyl groups is 2. The van der Waals surface area contributed by atoms with Gasteiger partial charge in [-0.3, -0.25) is 27.5 Å². The van der Waals surface area contributed by atoms with E-state index in [1.54, 1.807) is 0 Å². The standard InChI is InChI=1S/C21H25N9O13P2/c1-7-27-18-11(19(33)28-7)26-6-30(18)21-15-12(31)8(40-21)2-38-44(34,35)42-14-9(3-39-45(36,37)43-15)41-20(13(14)32)29-5-25-10-16(22)23-4-24-17(10)29/h4-6,8-9,12-15,20-21,31-32H,2-3H2,1H3,(H,34,35)(H,36,37)(H2,22,23,24)(H,27,28,33)/p-1/t8-,9-,12-,13-,14-,15-,20-,21-/m1/s1. The number of aliphatic hydroxyl groups excluding tert-OH is 2. The topological polar surface area (TPSA) is 306 Å². The monoisotopic (exact) mass is 672 g/mol. The van der Waals surface area contributed by atoms with Gasteiger partial charge in [0.15, 0.2) is 35.1 Å². The van der Waals surface area contributed by atoms with E-state index in [1.165, 1.54) is 17.8 Å². The third-order valence-corrected chi connectivity index (χ3v) is 9.37. The SMILES string of the molecule is Cc1nc2c(ncn2[C@@H]2O[C@@H]3COP(=O)(O)O[C@H]4[C@@H](O)[C@H](n5cnc6c(N)ncnc65)O[C@@H]4COP(=O)([O-])O[C@@H]2[C@@H]3O)c(=O)[nH]1. The van der Waals surface area contributed by atoms with Crippen LogP contribution >= 0.6 is 15.6 Å². The van der Waals surface area contributed by atoms with Gasteiger partial charge in [-0.05, 0) is 6.92 Å². The number of fused-ring (bicyclic) bond motifs is 5. The molecule has 2 unspecified atom stereocenters. The van der Waals surface area contributed by atoms with Crippen molar-refractivity contribution in [1.29, 1.82) is 0 Å². The predicted octanol–water partition coefficient (Wildman–Crippen LogP) is -2.25. The van der Waals surface area contributed by atoms with Crippen LogP contribution < -0.4 is 16.2 Å². The van der Waals surface area contributed by atoms with Crippen LogP contribution in [0.2, 0.25) is 0 Å². The molecule has 0 radical (unpaired) electrons. The van der Waals surface area contributed by atoms with Crippen molar-refractivity contribution in [2.45, 2.75) is 56.0 Å². The molecule has 3 aliphatic rings. The fraction of sp³-hybridized carbons (Fsp3) is 0.524. The minimum Gasteiger partial charge on any atom is -0.756 e. The number of phosphoric ester groups is 2. The molecule has 242 valence electrons. The maximum Gasteiger partial charge on any atom is 0.472 e. The van der Waals surface area contributed by atoms with E-state index in [2.05, 4.69) is 29.9 Å². The highest BCUT2D eigenvalue weighted by molar-refractivity contribution is 7.47. The second-order valence-corrected chi connectivity index (χ2v) is 13.1. The van der Waals surface area contributed by atoms with E-state index in [0.717, 1.165) is 17.2 Å². The lowest BCUT2D eigenvalue weighted by Crippen LogP contribution is -2.37. The van der Waals surface area contributed by atoms with Gasteiger partial charge in [-0.2, -0.15) is 0 Å². The molecule has 0 aromatic carbocycles. The van der Waals surface area contributed by atoms with E-state index in [9.17, 15) is 33.9 Å². The quantitative estimate of drug-likeness (QED) is 0.140. The Morgan fingerprint density at radius 2 is 1.62 bits per heavy atom. The molecule has 22 nitrogen and oxygen atoms in total. The van der Waals surface area contributed by atoms with Gasteiger partial charge in [-0.25, -0.2) is 29.5 Å². The molecule has 0 saturated carbocycles. The molecule has 3 saturated heterocycles. The molecule has 10 atom stereocenters. The molecular formula is C21H24N9O13P2-. The molecule has 6 N–H and O–H groups in total. The highest BCUT2D eigenvalue weighted by Gasteiger charge is 2.52. The van der Waals surface area contributed by atoms with Crippen LogP contribution in [-0.4, -0.2) is 104 Å². The number of phosphoric acid groups is 2. The van der Waals surface area contributed by atoms with Crippen LogP contribution in [0.3, 0.4) is 0 Å². The number of ether oxygens (including phenoxy) is 2. The van der Waals surface area contributed by atoms with E-state index in [1.807, 2.05) is 0 Å². The van der Waals surface area contributed by atoms with Crippen LogP contribution in [0.4, 0.5) is 5.82 Å². The molecule has 7 rings (SSSR count). The number of aromatic amines is 1. The van der Waals surface area contributed by atoms with Crippen molar-refractivity contribution in [2.75, 3.05) is 18.9 Å². The summed E-state index contributed by atoms with van der Waals surface area (Å²) in [6, 6.07) is 0. The highest BCUT2D eigenvalue weighted by atomic mass is 31.2. The van der Waals surface area contributed by atoms with E-state index in [-0.39, 0.29) is 34.0 Å². The van der Waals surface area contributed by atoms with E-state index in [4.69, 9.17) is 33.3 Å². The van der Waals surface area contributed by atoms with Crippen LogP contribution in [0.15, 0.2) is 23.8 Å². The minimum atomic E-state index is -5.34. The molecule has 4 aromatic heterocycles. The van der Waals surface area contributed by atoms with Gasteiger partial charge < -0.3 is 49.2 Å². The van der Waals surface area contributed by atoms with Crippen LogP contribution in [0.1, 0.15) is 18.3 Å². The Morgan fingerprint density at radius 3 is 2.40 bits per heavy atom. The number of nitrogens with one attached hydrogen (secondary N) is 1. The summed E-state index contributed by atoms with van der Waals surface area (Å²) < 4.78 is 60.8. The zero-order chi connectivity index (χ0) is 31.8. The third-order valence-electron chi connectivity index (χ3n) is 7.41. The number of nitrogens with zero attached hydrogens (tertiary/aromatic N) is 7. The summed E-state index contributed by atoms with van der Waals surface area (Å²) in [5, 5.41) is 22.1. The van der Waals surface area contributed by atoms with Crippen LogP contribution in [-0.2, 0) is 36.7 Å². The second-order valence-electron chi connectivity index (χ2n) is 10.3. The van der Waals surface area contributed by atoms with Gasteiger partial charge in [0, 0.05) is 0 Å². The van der Waals surface area contributed by atoms with Gasteiger partial charge in [0.05, 0.1) is 25.9 Å². The molecule has 4 aromatic rings. The highest BCUT2D eigenvalue weighted by Crippen LogP contribution is 2.52. The van der Waals surface area contributed by atoms with Crippen LogP contribution in [0.5, 0.6) is 0 Å². The fourth-order valence-corrected chi connectivity index (χ4v) is 7.26. The average Bonchev–Trinajstić information content (AvgIpc) is 3.72. The Labute approximate surface area is 249 Å². The number of nitrogen functional groups attached to an aromatic ring is 1. The normalized spacial score (nSPS) is 37.7. The van der Waals surface area contributed by atoms with Gasteiger partial charge in [0.2, 0.25) is 0 Å². The molecule has 0 spiro atoms. The Hall–Kier alpha value is -3.24. The zero-order valence-corrected chi connectivity index (χ0v) is 24.6. The Kier molecular flexibility index (Phi) is 7.39. The first-order chi connectivity index (χ1) is 21.3. The number of aromatic nitrogens is 8. The van der Waals surface area contributed by atoms with Crippen molar-refractivity contribution in [2.24, 2.45) is 0 Å². The number of anilines is 1. The Morgan fingerprint density at radius 1 is 0.933 bits per heavy atom. The number of imidazole rings is 2. The molecule has 0 amide bonds.